The van der Waals surface area contributed by atoms with Gasteiger partial charge in [0.2, 0.25) is 0 Å². The summed E-state index contributed by atoms with van der Waals surface area (Å²) >= 11 is 0. The number of carbonyl (C=O) groups is 1. The summed E-state index contributed by atoms with van der Waals surface area (Å²) in [4.78, 5) is 12.3. The highest BCUT2D eigenvalue weighted by molar-refractivity contribution is 5.70. The number of aliphatic hydroxyl groups excluding tert-OH is 1. The maximum absolute atomic E-state index is 12.3. The van der Waals surface area contributed by atoms with E-state index in [1.54, 1.807) is 0 Å². The van der Waals surface area contributed by atoms with Gasteiger partial charge in [0.1, 0.15) is 24.4 Å². The van der Waals surface area contributed by atoms with Gasteiger partial charge >= 0.3 is 5.97 Å². The minimum absolute atomic E-state index is 0.224. The van der Waals surface area contributed by atoms with Gasteiger partial charge in [0.25, 0.3) is 0 Å². The van der Waals surface area contributed by atoms with E-state index in [0.717, 1.165) is 22.3 Å². The molecule has 2 aliphatic rings. The Balaban J connectivity index is 2.11. The third-order valence-corrected chi connectivity index (χ3v) is 5.00. The van der Waals surface area contributed by atoms with Crippen molar-refractivity contribution in [1.82, 2.24) is 0 Å². The number of hydrogen-bond donors (Lipinski definition) is 1. The third kappa shape index (κ3) is 7.15. The molecule has 0 amide bonds. The van der Waals surface area contributed by atoms with Crippen molar-refractivity contribution in [2.24, 2.45) is 0 Å². The van der Waals surface area contributed by atoms with Gasteiger partial charge in [-0.3, -0.25) is 4.79 Å². The van der Waals surface area contributed by atoms with E-state index in [-0.39, 0.29) is 24.6 Å². The lowest BCUT2D eigenvalue weighted by molar-refractivity contribution is -0.146. The highest BCUT2D eigenvalue weighted by Crippen LogP contribution is 2.37. The fourth-order valence-electron chi connectivity index (χ4n) is 3.19. The van der Waals surface area contributed by atoms with Gasteiger partial charge in [-0.25, -0.2) is 0 Å². The summed E-state index contributed by atoms with van der Waals surface area (Å²) in [5.74, 6) is -0.289. The number of epoxide rings is 1. The van der Waals surface area contributed by atoms with E-state index in [4.69, 9.17) is 9.47 Å². The van der Waals surface area contributed by atoms with E-state index in [1.807, 2.05) is 31.2 Å². The third-order valence-electron chi connectivity index (χ3n) is 5.00. The van der Waals surface area contributed by atoms with Crippen molar-refractivity contribution in [2.45, 2.75) is 63.4 Å². The van der Waals surface area contributed by atoms with Crippen LogP contribution in [0.4, 0.5) is 0 Å². The molecular weight excluding hydrogens is 364 g/mol. The number of fused-ring (bicyclic) bond motifs is 1. The lowest BCUT2D eigenvalue weighted by atomic mass is 9.92. The zero-order valence-corrected chi connectivity index (χ0v) is 17.4. The minimum Gasteiger partial charge on any atom is -0.458 e. The molecule has 0 spiro atoms. The zero-order chi connectivity index (χ0) is 21.6. The topological polar surface area (TPSA) is 59.1 Å². The largest absolute Gasteiger partial charge is 0.458 e. The number of carbonyl (C=O) groups excluding carboxylic acids is 1. The quantitative estimate of drug-likeness (QED) is 0.318. The summed E-state index contributed by atoms with van der Waals surface area (Å²) in [6, 6.07) is 0. The molecule has 2 aliphatic heterocycles. The predicted molar refractivity (Wildman–Crippen MR) is 117 cm³/mol. The Labute approximate surface area is 174 Å². The van der Waals surface area contributed by atoms with Crippen molar-refractivity contribution in [3.05, 3.63) is 85.1 Å². The van der Waals surface area contributed by atoms with E-state index in [0.29, 0.717) is 31.3 Å². The van der Waals surface area contributed by atoms with Crippen LogP contribution in [0.5, 0.6) is 0 Å². The fraction of sp³-hybridized carbons (Fsp3) is 0.400. The summed E-state index contributed by atoms with van der Waals surface area (Å²) in [6.07, 6.45) is 8.19. The monoisotopic (exact) mass is 396 g/mol. The first kappa shape index (κ1) is 22.9. The first-order valence-corrected chi connectivity index (χ1v) is 9.92. The Kier molecular flexibility index (Phi) is 8.18. The van der Waals surface area contributed by atoms with Crippen LogP contribution < -0.4 is 0 Å². The van der Waals surface area contributed by atoms with Crippen LogP contribution in [0.3, 0.4) is 0 Å². The number of ether oxygens (including phenoxy) is 2. The summed E-state index contributed by atoms with van der Waals surface area (Å²) in [7, 11) is 0. The molecule has 29 heavy (non-hydrogen) atoms. The van der Waals surface area contributed by atoms with Crippen molar-refractivity contribution in [2.75, 3.05) is 0 Å². The Morgan fingerprint density at radius 2 is 1.86 bits per heavy atom. The predicted octanol–water partition coefficient (Wildman–Crippen LogP) is 4.90. The number of hydrogen-bond acceptors (Lipinski definition) is 4. The summed E-state index contributed by atoms with van der Waals surface area (Å²) < 4.78 is 11.3. The highest BCUT2D eigenvalue weighted by atomic mass is 16.6. The van der Waals surface area contributed by atoms with Crippen LogP contribution in [-0.4, -0.2) is 35.5 Å². The van der Waals surface area contributed by atoms with Gasteiger partial charge in [-0.15, -0.1) is 0 Å². The van der Waals surface area contributed by atoms with Crippen LogP contribution in [-0.2, 0) is 14.3 Å². The smallest absolute Gasteiger partial charge is 0.306 e. The number of cyclic esters (lactones) is 1. The second-order valence-electron chi connectivity index (χ2n) is 7.81. The molecule has 2 heterocycles. The van der Waals surface area contributed by atoms with Gasteiger partial charge < -0.3 is 14.6 Å². The number of allylic oxidation sites excluding steroid dienone is 6. The van der Waals surface area contributed by atoms with Crippen LogP contribution in [0.1, 0.15) is 39.0 Å². The molecule has 0 aromatic carbocycles. The van der Waals surface area contributed by atoms with Crippen molar-refractivity contribution in [3.8, 4) is 0 Å². The standard InChI is InChI=1S/C25H32O4/c1-16(2)10-8-7-9-11-21-15-20(6)24-25(29-24)23(27)19(5)14-18(4)17(3)12-13-22(26)28-21/h8-11,21,23-25,27H,1,3-7,12-15H2,2H3/b10-8+,11-9+/t21-,23-,24-,25-/m1/s1. The SMILES string of the molecule is C=C(C)/C=C/C/C=C/[C@@H]1CC(=C)[C@H]2O[C@@H]2[C@H](O)C(=C)CC(=C)C(=C)CCC(=O)O1. The van der Waals surface area contributed by atoms with Crippen molar-refractivity contribution < 1.29 is 19.4 Å². The first-order chi connectivity index (χ1) is 13.7. The van der Waals surface area contributed by atoms with Crippen molar-refractivity contribution >= 4 is 5.97 Å². The van der Waals surface area contributed by atoms with Gasteiger partial charge in [-0.2, -0.15) is 0 Å². The van der Waals surface area contributed by atoms with Gasteiger partial charge in [0.15, 0.2) is 0 Å². The molecule has 4 heteroatoms. The molecule has 4 atom stereocenters. The molecule has 1 N–H and O–H groups in total. The van der Waals surface area contributed by atoms with Gasteiger partial charge in [0, 0.05) is 12.8 Å². The Hall–Kier alpha value is -2.43. The summed E-state index contributed by atoms with van der Waals surface area (Å²) in [6.45, 7) is 21.8. The Morgan fingerprint density at radius 1 is 1.14 bits per heavy atom. The van der Waals surface area contributed by atoms with E-state index in [2.05, 4.69) is 32.9 Å². The number of aliphatic hydroxyl groups is 1. The lowest BCUT2D eigenvalue weighted by Gasteiger charge is -2.18. The van der Waals surface area contributed by atoms with E-state index >= 15 is 0 Å². The molecule has 0 aliphatic carbocycles. The van der Waals surface area contributed by atoms with Gasteiger partial charge in [0.05, 0.1) is 0 Å². The maximum atomic E-state index is 12.3. The summed E-state index contributed by atoms with van der Waals surface area (Å²) in [5.41, 5.74) is 3.94. The number of esters is 1. The Bertz CT molecular complexity index is 768. The van der Waals surface area contributed by atoms with Crippen LogP contribution in [0.25, 0.3) is 0 Å². The van der Waals surface area contributed by atoms with E-state index in [1.165, 1.54) is 0 Å². The van der Waals surface area contributed by atoms with Gasteiger partial charge in [-0.1, -0.05) is 62.3 Å². The first-order valence-electron chi connectivity index (χ1n) is 9.92. The molecule has 0 aromatic heterocycles. The molecular formula is C25H32O4. The van der Waals surface area contributed by atoms with Crippen molar-refractivity contribution in [1.29, 1.82) is 0 Å². The summed E-state index contributed by atoms with van der Waals surface area (Å²) in [5, 5.41) is 10.5. The molecule has 0 radical (unpaired) electrons. The molecule has 2 saturated heterocycles. The average molecular weight is 397 g/mol. The fourth-order valence-corrected chi connectivity index (χ4v) is 3.19. The molecule has 0 unspecified atom stereocenters. The second kappa shape index (κ2) is 10.4. The van der Waals surface area contributed by atoms with E-state index in [9.17, 15) is 9.90 Å². The average Bonchev–Trinajstić information content (AvgIpc) is 3.44. The second-order valence-corrected chi connectivity index (χ2v) is 7.81. The normalized spacial score (nSPS) is 29.7. The van der Waals surface area contributed by atoms with Crippen LogP contribution in [0.15, 0.2) is 85.1 Å². The van der Waals surface area contributed by atoms with Gasteiger partial charge in [-0.05, 0) is 49.0 Å². The molecule has 156 valence electrons. The zero-order valence-electron chi connectivity index (χ0n) is 17.4. The molecule has 4 nitrogen and oxygen atoms in total. The maximum Gasteiger partial charge on any atom is 0.306 e. The van der Waals surface area contributed by atoms with Crippen molar-refractivity contribution in [3.63, 3.8) is 0 Å². The molecule has 0 bridgehead atoms. The molecule has 2 fully saturated rings. The highest BCUT2D eigenvalue weighted by Gasteiger charge is 2.47. The Morgan fingerprint density at radius 3 is 2.55 bits per heavy atom. The van der Waals surface area contributed by atoms with E-state index < -0.39 is 12.2 Å². The minimum atomic E-state index is -0.784. The van der Waals surface area contributed by atoms with Crippen LogP contribution in [0, 0.1) is 0 Å². The lowest BCUT2D eigenvalue weighted by Crippen LogP contribution is -2.23. The van der Waals surface area contributed by atoms with Crippen LogP contribution in [0.2, 0.25) is 0 Å². The molecule has 2 rings (SSSR count). The molecule has 0 aromatic rings. The van der Waals surface area contributed by atoms with Crippen LogP contribution >= 0.6 is 0 Å². The number of rotatable bonds is 4. The molecule has 0 saturated carbocycles.